The zero-order valence-corrected chi connectivity index (χ0v) is 10.0. The zero-order valence-electron chi connectivity index (χ0n) is 10.0. The molecular weight excluding hydrogens is 234 g/mol. The van der Waals surface area contributed by atoms with E-state index in [1.807, 2.05) is 31.2 Å². The van der Waals surface area contributed by atoms with Crippen molar-refractivity contribution in [3.05, 3.63) is 70.8 Å². The first kappa shape index (κ1) is 12.7. The van der Waals surface area contributed by atoms with Crippen LogP contribution in [0.4, 0.5) is 8.78 Å². The summed E-state index contributed by atoms with van der Waals surface area (Å²) in [6, 6.07) is 11.4. The lowest BCUT2D eigenvalue weighted by atomic mass is 10.0. The molecule has 2 aromatic carbocycles. The monoisotopic (exact) mass is 248 g/mol. The van der Waals surface area contributed by atoms with Gasteiger partial charge in [-0.25, -0.2) is 8.78 Å². The minimum absolute atomic E-state index is 0.00410. The topological polar surface area (TPSA) is 20.2 Å². The highest BCUT2D eigenvalue weighted by atomic mass is 19.2. The fourth-order valence-electron chi connectivity index (χ4n) is 1.84. The maximum absolute atomic E-state index is 13.5. The van der Waals surface area contributed by atoms with Gasteiger partial charge in [0, 0.05) is 12.0 Å². The second-order valence-electron chi connectivity index (χ2n) is 4.35. The van der Waals surface area contributed by atoms with E-state index < -0.39 is 17.7 Å². The first-order valence-corrected chi connectivity index (χ1v) is 5.75. The molecule has 1 nitrogen and oxygen atoms in total. The Kier molecular flexibility index (Phi) is 3.72. The van der Waals surface area contributed by atoms with E-state index in [4.69, 9.17) is 0 Å². The normalized spacial score (nSPS) is 12.4. The van der Waals surface area contributed by atoms with Crippen LogP contribution in [0.5, 0.6) is 0 Å². The van der Waals surface area contributed by atoms with Crippen molar-refractivity contribution in [1.29, 1.82) is 0 Å². The van der Waals surface area contributed by atoms with Gasteiger partial charge < -0.3 is 5.11 Å². The van der Waals surface area contributed by atoms with Crippen LogP contribution in [0, 0.1) is 18.6 Å². The minimum atomic E-state index is -1.04. The second-order valence-corrected chi connectivity index (χ2v) is 4.35. The highest BCUT2D eigenvalue weighted by molar-refractivity contribution is 5.26. The molecule has 0 saturated carbocycles. The van der Waals surface area contributed by atoms with Gasteiger partial charge in [-0.3, -0.25) is 0 Å². The van der Waals surface area contributed by atoms with E-state index >= 15 is 0 Å². The fraction of sp³-hybridized carbons (Fsp3) is 0.200. The molecule has 0 amide bonds. The molecule has 0 aliphatic carbocycles. The maximum Gasteiger partial charge on any atom is 0.164 e. The number of hydrogen-bond donors (Lipinski definition) is 1. The Morgan fingerprint density at radius 1 is 1.06 bits per heavy atom. The average Bonchev–Trinajstić information content (AvgIpc) is 2.35. The summed E-state index contributed by atoms with van der Waals surface area (Å²) in [4.78, 5) is 0. The van der Waals surface area contributed by atoms with Crippen LogP contribution in [0.25, 0.3) is 0 Å². The van der Waals surface area contributed by atoms with Gasteiger partial charge in [-0.15, -0.1) is 0 Å². The molecule has 0 spiro atoms. The molecule has 18 heavy (non-hydrogen) atoms. The van der Waals surface area contributed by atoms with E-state index in [1.165, 1.54) is 12.1 Å². The van der Waals surface area contributed by atoms with Gasteiger partial charge in [0.25, 0.3) is 0 Å². The van der Waals surface area contributed by atoms with Crippen LogP contribution in [-0.2, 0) is 6.42 Å². The van der Waals surface area contributed by atoms with Gasteiger partial charge in [-0.1, -0.05) is 42.0 Å². The molecule has 0 aromatic heterocycles. The lowest BCUT2D eigenvalue weighted by molar-refractivity contribution is 0.172. The Hall–Kier alpha value is -1.74. The molecule has 2 rings (SSSR count). The highest BCUT2D eigenvalue weighted by Gasteiger charge is 2.16. The number of benzene rings is 2. The van der Waals surface area contributed by atoms with Crippen molar-refractivity contribution >= 4 is 0 Å². The van der Waals surface area contributed by atoms with Crippen molar-refractivity contribution in [1.82, 2.24) is 0 Å². The van der Waals surface area contributed by atoms with Crippen LogP contribution in [0.2, 0.25) is 0 Å². The van der Waals surface area contributed by atoms with Crippen LogP contribution in [0.1, 0.15) is 22.8 Å². The third-order valence-corrected chi connectivity index (χ3v) is 2.89. The van der Waals surface area contributed by atoms with Crippen LogP contribution in [-0.4, -0.2) is 5.11 Å². The largest absolute Gasteiger partial charge is 0.388 e. The van der Waals surface area contributed by atoms with Crippen molar-refractivity contribution in [2.45, 2.75) is 19.4 Å². The molecule has 1 unspecified atom stereocenters. The molecule has 0 saturated heterocycles. The number of hydrogen-bond acceptors (Lipinski definition) is 1. The molecule has 94 valence electrons. The number of aryl methyl sites for hydroxylation is 1. The van der Waals surface area contributed by atoms with Crippen LogP contribution in [0.15, 0.2) is 42.5 Å². The molecule has 3 heteroatoms. The van der Waals surface area contributed by atoms with E-state index in [1.54, 1.807) is 0 Å². The minimum Gasteiger partial charge on any atom is -0.388 e. The predicted molar refractivity (Wildman–Crippen MR) is 66.2 cm³/mol. The quantitative estimate of drug-likeness (QED) is 0.880. The second kappa shape index (κ2) is 5.27. The van der Waals surface area contributed by atoms with Crippen LogP contribution in [0.3, 0.4) is 0 Å². The van der Waals surface area contributed by atoms with Crippen LogP contribution >= 0.6 is 0 Å². The average molecular weight is 248 g/mol. The molecule has 1 atom stereocenters. The summed E-state index contributed by atoms with van der Waals surface area (Å²) in [5.74, 6) is -1.91. The molecule has 0 aliphatic heterocycles. The number of rotatable bonds is 3. The lowest BCUT2D eigenvalue weighted by Gasteiger charge is -2.12. The number of aliphatic hydroxyl groups is 1. The van der Waals surface area contributed by atoms with Crippen molar-refractivity contribution in [2.24, 2.45) is 0 Å². The third-order valence-electron chi connectivity index (χ3n) is 2.89. The first-order chi connectivity index (χ1) is 8.58. The van der Waals surface area contributed by atoms with Crippen molar-refractivity contribution in [2.75, 3.05) is 0 Å². The van der Waals surface area contributed by atoms with Crippen molar-refractivity contribution in [3.63, 3.8) is 0 Å². The van der Waals surface area contributed by atoms with E-state index in [0.29, 0.717) is 0 Å². The molecule has 0 heterocycles. The predicted octanol–water partition coefficient (Wildman–Crippen LogP) is 3.55. The van der Waals surface area contributed by atoms with E-state index in [0.717, 1.165) is 17.2 Å². The summed E-state index contributed by atoms with van der Waals surface area (Å²) in [5.41, 5.74) is 2.00. The summed E-state index contributed by atoms with van der Waals surface area (Å²) in [6.07, 6.45) is -0.774. The Bertz CT molecular complexity index is 535. The zero-order chi connectivity index (χ0) is 13.1. The number of aliphatic hydroxyl groups excluding tert-OH is 1. The fourth-order valence-corrected chi connectivity index (χ4v) is 1.84. The molecule has 0 radical (unpaired) electrons. The molecule has 0 bridgehead atoms. The summed E-state index contributed by atoms with van der Waals surface area (Å²) in [5, 5.41) is 9.94. The first-order valence-electron chi connectivity index (χ1n) is 5.75. The summed E-state index contributed by atoms with van der Waals surface area (Å²) < 4.78 is 26.5. The van der Waals surface area contributed by atoms with Crippen molar-refractivity contribution in [3.8, 4) is 0 Å². The third kappa shape index (κ3) is 2.74. The molecular formula is C15H14F2O. The SMILES string of the molecule is Cc1ccc(CC(O)c2cccc(F)c2F)cc1. The van der Waals surface area contributed by atoms with Crippen LogP contribution < -0.4 is 0 Å². The summed E-state index contributed by atoms with van der Waals surface area (Å²) in [6.45, 7) is 1.96. The van der Waals surface area contributed by atoms with Gasteiger partial charge in [0.15, 0.2) is 11.6 Å². The highest BCUT2D eigenvalue weighted by Crippen LogP contribution is 2.22. The maximum atomic E-state index is 13.5. The molecule has 2 aromatic rings. The Labute approximate surface area is 105 Å². The van der Waals surface area contributed by atoms with Gasteiger partial charge in [-0.05, 0) is 18.6 Å². The number of halogens is 2. The van der Waals surface area contributed by atoms with E-state index in [9.17, 15) is 13.9 Å². The lowest BCUT2D eigenvalue weighted by Crippen LogP contribution is -2.05. The Morgan fingerprint density at radius 3 is 2.39 bits per heavy atom. The van der Waals surface area contributed by atoms with Gasteiger partial charge in [0.05, 0.1) is 6.10 Å². The standard InChI is InChI=1S/C15H14F2O/c1-10-5-7-11(8-6-10)9-14(18)12-3-2-4-13(16)15(12)17/h2-8,14,18H,9H2,1H3. The molecule has 1 N–H and O–H groups in total. The van der Waals surface area contributed by atoms with Gasteiger partial charge >= 0.3 is 0 Å². The summed E-state index contributed by atoms with van der Waals surface area (Å²) >= 11 is 0. The van der Waals surface area contributed by atoms with Gasteiger partial charge in [0.2, 0.25) is 0 Å². The Balaban J connectivity index is 2.19. The van der Waals surface area contributed by atoms with Crippen molar-refractivity contribution < 1.29 is 13.9 Å². The van der Waals surface area contributed by atoms with E-state index in [2.05, 4.69) is 0 Å². The van der Waals surface area contributed by atoms with E-state index in [-0.39, 0.29) is 12.0 Å². The Morgan fingerprint density at radius 2 is 1.72 bits per heavy atom. The smallest absolute Gasteiger partial charge is 0.164 e. The van der Waals surface area contributed by atoms with Gasteiger partial charge in [-0.2, -0.15) is 0 Å². The van der Waals surface area contributed by atoms with Gasteiger partial charge in [0.1, 0.15) is 0 Å². The molecule has 0 fully saturated rings. The summed E-state index contributed by atoms with van der Waals surface area (Å²) in [7, 11) is 0. The molecule has 0 aliphatic rings.